The predicted molar refractivity (Wildman–Crippen MR) is 166 cm³/mol. The second-order valence-corrected chi connectivity index (χ2v) is 10.4. The van der Waals surface area contributed by atoms with Gasteiger partial charge >= 0.3 is 5.97 Å². The third-order valence-corrected chi connectivity index (χ3v) is 7.12. The van der Waals surface area contributed by atoms with E-state index in [2.05, 4.69) is 31.2 Å². The van der Waals surface area contributed by atoms with Crippen molar-refractivity contribution in [2.24, 2.45) is 14.1 Å². The van der Waals surface area contributed by atoms with E-state index in [4.69, 9.17) is 4.84 Å². The van der Waals surface area contributed by atoms with Crippen molar-refractivity contribution in [3.8, 4) is 0 Å². The molecule has 0 saturated carbocycles. The molecular weight excluding hydrogens is 578 g/mol. The summed E-state index contributed by atoms with van der Waals surface area (Å²) in [6.45, 7) is 0.256. The number of fused-ring (bicyclic) bond motifs is 2. The summed E-state index contributed by atoms with van der Waals surface area (Å²) in [5, 5.41) is 17.1. The van der Waals surface area contributed by atoms with Crippen molar-refractivity contribution < 1.29 is 24.0 Å². The highest BCUT2D eigenvalue weighted by atomic mass is 16.7. The fourth-order valence-electron chi connectivity index (χ4n) is 4.89. The number of para-hydroxylation sites is 2. The highest BCUT2D eigenvalue weighted by molar-refractivity contribution is 6.06. The van der Waals surface area contributed by atoms with Gasteiger partial charge in [0.2, 0.25) is 5.91 Å². The van der Waals surface area contributed by atoms with Crippen LogP contribution in [0.1, 0.15) is 44.3 Å². The average molecular weight is 608 g/mol. The molecule has 4 aromatic heterocycles. The molecule has 0 aliphatic rings. The van der Waals surface area contributed by atoms with Crippen molar-refractivity contribution in [3.05, 3.63) is 96.2 Å². The van der Waals surface area contributed by atoms with Crippen molar-refractivity contribution in [1.82, 2.24) is 34.6 Å². The minimum Gasteiger partial charge on any atom is -0.351 e. The van der Waals surface area contributed by atoms with Crippen LogP contribution in [0.4, 0.5) is 11.4 Å². The zero-order chi connectivity index (χ0) is 31.5. The van der Waals surface area contributed by atoms with Crippen molar-refractivity contribution in [1.29, 1.82) is 0 Å². The van der Waals surface area contributed by atoms with Crippen LogP contribution in [0.15, 0.2) is 79.1 Å². The Labute approximate surface area is 255 Å². The largest absolute Gasteiger partial charge is 0.382 e. The standard InChI is InChI=1S/C31H29N9O5/c1-38-18-21(34-29(42)24-14-19-8-3-4-9-22(19)35-24)15-26(38)30(43)32-13-7-12-28(41)33-20-16-27(39(2)17-20)31(44)45-40-25-11-6-5-10-23(25)36-37-40/h3-6,8-11,14-18,35H,7,12-13H2,1-2H3,(H,32,43)(H,33,41)(H,34,42). The van der Waals surface area contributed by atoms with Gasteiger partial charge in [0.1, 0.15) is 28.1 Å². The number of hydrogen-bond acceptors (Lipinski definition) is 7. The molecule has 0 aliphatic heterocycles. The van der Waals surface area contributed by atoms with Crippen LogP contribution in [0.25, 0.3) is 21.9 Å². The minimum absolute atomic E-state index is 0.138. The molecule has 0 spiro atoms. The molecule has 0 fully saturated rings. The van der Waals surface area contributed by atoms with E-state index < -0.39 is 5.97 Å². The first-order chi connectivity index (χ1) is 21.7. The third-order valence-electron chi connectivity index (χ3n) is 7.12. The topological polar surface area (TPSA) is 170 Å². The number of anilines is 2. The Morgan fingerprint density at radius 3 is 2.38 bits per heavy atom. The fraction of sp³-hybridized carbons (Fsp3) is 0.161. The molecule has 0 atom stereocenters. The summed E-state index contributed by atoms with van der Waals surface area (Å²) < 4.78 is 3.15. The van der Waals surface area contributed by atoms with Crippen molar-refractivity contribution in [3.63, 3.8) is 0 Å². The van der Waals surface area contributed by atoms with Gasteiger partial charge in [-0.05, 0) is 48.0 Å². The lowest BCUT2D eigenvalue weighted by molar-refractivity contribution is -0.116. The molecule has 45 heavy (non-hydrogen) atoms. The Balaban J connectivity index is 0.962. The fourth-order valence-corrected chi connectivity index (χ4v) is 4.89. The number of nitrogens with zero attached hydrogens (tertiary/aromatic N) is 5. The summed E-state index contributed by atoms with van der Waals surface area (Å²) in [5.41, 5.74) is 3.86. The van der Waals surface area contributed by atoms with Crippen LogP contribution >= 0.6 is 0 Å². The molecule has 14 heteroatoms. The maximum absolute atomic E-state index is 12.8. The smallest absolute Gasteiger partial charge is 0.351 e. The van der Waals surface area contributed by atoms with Crippen molar-refractivity contribution in [2.75, 3.05) is 17.2 Å². The number of aromatic amines is 1. The van der Waals surface area contributed by atoms with Crippen molar-refractivity contribution in [2.45, 2.75) is 12.8 Å². The number of H-pyrrole nitrogens is 1. The molecule has 3 amide bonds. The van der Waals surface area contributed by atoms with E-state index in [-0.39, 0.29) is 36.4 Å². The van der Waals surface area contributed by atoms with Crippen LogP contribution in [-0.4, -0.2) is 59.5 Å². The Morgan fingerprint density at radius 1 is 0.844 bits per heavy atom. The maximum Gasteiger partial charge on any atom is 0.382 e. The molecule has 2 aromatic carbocycles. The molecule has 4 N–H and O–H groups in total. The van der Waals surface area contributed by atoms with Gasteiger partial charge in [-0.25, -0.2) is 4.79 Å². The monoisotopic (exact) mass is 607 g/mol. The van der Waals surface area contributed by atoms with E-state index in [1.165, 1.54) is 10.6 Å². The molecule has 0 aliphatic carbocycles. The van der Waals surface area contributed by atoms with Crippen LogP contribution in [0.5, 0.6) is 0 Å². The van der Waals surface area contributed by atoms with Crippen LogP contribution in [0, 0.1) is 0 Å². The van der Waals surface area contributed by atoms with E-state index in [0.717, 1.165) is 15.7 Å². The van der Waals surface area contributed by atoms with Gasteiger partial charge < -0.3 is 34.9 Å². The predicted octanol–water partition coefficient (Wildman–Crippen LogP) is 3.26. The van der Waals surface area contributed by atoms with Gasteiger partial charge in [-0.1, -0.05) is 35.2 Å². The molecule has 0 bridgehead atoms. The van der Waals surface area contributed by atoms with Crippen molar-refractivity contribution >= 4 is 57.0 Å². The Morgan fingerprint density at radius 2 is 1.56 bits per heavy atom. The second kappa shape index (κ2) is 12.2. The Bertz CT molecular complexity index is 2030. The van der Waals surface area contributed by atoms with Gasteiger partial charge in [0.25, 0.3) is 11.8 Å². The van der Waals surface area contributed by atoms with Gasteiger partial charge in [-0.3, -0.25) is 14.4 Å². The maximum atomic E-state index is 12.8. The molecule has 0 saturated heterocycles. The zero-order valence-corrected chi connectivity index (χ0v) is 24.4. The number of benzene rings is 2. The lowest BCUT2D eigenvalue weighted by Gasteiger charge is -2.06. The lowest BCUT2D eigenvalue weighted by Crippen LogP contribution is -2.27. The molecule has 0 radical (unpaired) electrons. The normalized spacial score (nSPS) is 11.1. The molecule has 6 rings (SSSR count). The molecule has 0 unspecified atom stereocenters. The van der Waals surface area contributed by atoms with Gasteiger partial charge in [0.05, 0.1) is 11.4 Å². The van der Waals surface area contributed by atoms with E-state index in [9.17, 15) is 19.2 Å². The number of rotatable bonds is 10. The summed E-state index contributed by atoms with van der Waals surface area (Å²) >= 11 is 0. The van der Waals surface area contributed by atoms with Gasteiger partial charge in [0, 0.05) is 50.4 Å². The van der Waals surface area contributed by atoms with E-state index in [0.29, 0.717) is 40.2 Å². The number of carbonyl (C=O) groups excluding carboxylic acids is 4. The van der Waals surface area contributed by atoms with E-state index in [1.807, 2.05) is 24.3 Å². The van der Waals surface area contributed by atoms with Gasteiger partial charge in [-0.2, -0.15) is 0 Å². The molecular formula is C31H29N9O5. The Kier molecular flexibility index (Phi) is 7.84. The first kappa shape index (κ1) is 28.9. The molecule has 14 nitrogen and oxygen atoms in total. The first-order valence-corrected chi connectivity index (χ1v) is 14.1. The SMILES string of the molecule is Cn1cc(NC(=O)c2cc3ccccc3[nH]2)cc1C(=O)NCCCC(=O)Nc1cc(C(=O)On2nnc3ccccc32)n(C)c1. The highest BCUT2D eigenvalue weighted by Crippen LogP contribution is 2.18. The average Bonchev–Trinajstić information content (AvgIpc) is 3.80. The third kappa shape index (κ3) is 6.29. The highest BCUT2D eigenvalue weighted by Gasteiger charge is 2.18. The number of amides is 3. The summed E-state index contributed by atoms with van der Waals surface area (Å²) in [6, 6.07) is 19.5. The number of carbonyl (C=O) groups is 4. The van der Waals surface area contributed by atoms with E-state index in [1.54, 1.807) is 67.5 Å². The first-order valence-electron chi connectivity index (χ1n) is 14.1. The molecule has 4 heterocycles. The summed E-state index contributed by atoms with van der Waals surface area (Å²) in [4.78, 5) is 60.3. The van der Waals surface area contributed by atoms with Crippen LogP contribution in [0.3, 0.4) is 0 Å². The Hall–Kier alpha value is -6.18. The van der Waals surface area contributed by atoms with Gasteiger partial charge in [0.15, 0.2) is 0 Å². The van der Waals surface area contributed by atoms with E-state index >= 15 is 0 Å². The minimum atomic E-state index is -0.669. The summed E-state index contributed by atoms with van der Waals surface area (Å²) in [5.74, 6) is -1.60. The molecule has 228 valence electrons. The lowest BCUT2D eigenvalue weighted by atomic mass is 10.2. The van der Waals surface area contributed by atoms with Crippen LogP contribution < -0.4 is 20.8 Å². The van der Waals surface area contributed by atoms with Crippen LogP contribution in [-0.2, 0) is 18.9 Å². The van der Waals surface area contributed by atoms with Gasteiger partial charge in [-0.15, -0.1) is 5.10 Å². The molecule has 6 aromatic rings. The number of nitrogens with one attached hydrogen (secondary N) is 4. The second-order valence-electron chi connectivity index (χ2n) is 10.4. The quantitative estimate of drug-likeness (QED) is 0.137. The summed E-state index contributed by atoms with van der Waals surface area (Å²) in [6.07, 6.45) is 3.77. The summed E-state index contributed by atoms with van der Waals surface area (Å²) in [7, 11) is 3.36. The number of aromatic nitrogens is 6. The number of hydrogen-bond donors (Lipinski definition) is 4. The number of aryl methyl sites for hydroxylation is 2. The zero-order valence-electron chi connectivity index (χ0n) is 24.4. The van der Waals surface area contributed by atoms with Crippen LogP contribution in [0.2, 0.25) is 0 Å².